The molecule has 226 valence electrons. The second-order valence-corrected chi connectivity index (χ2v) is 20.7. The van der Waals surface area contributed by atoms with Gasteiger partial charge in [0.1, 0.15) is 0 Å². The minimum Gasteiger partial charge on any atom is -0.366 e. The van der Waals surface area contributed by atoms with Crippen LogP contribution in [0.1, 0.15) is 78.5 Å². The smallest absolute Gasteiger partial charge is 0.160 e. The number of allylic oxidation sites excluding steroid dienone is 4. The number of hydrogen-bond acceptors (Lipinski definition) is 2. The molecule has 0 saturated heterocycles. The van der Waals surface area contributed by atoms with Gasteiger partial charge in [-0.2, -0.15) is 0 Å². The van der Waals surface area contributed by atoms with Gasteiger partial charge in [-0.3, -0.25) is 0 Å². The Morgan fingerprint density at radius 1 is 0.791 bits per heavy atom. The fraction of sp³-hybridized carbons (Fsp3) is 0.450. The Balaban J connectivity index is 1.46. The second kappa shape index (κ2) is 10.5. The maximum atomic E-state index is 3.74. The first kappa shape index (κ1) is 30.0. The normalized spacial score (nSPS) is 23.4. The summed E-state index contributed by atoms with van der Waals surface area (Å²) in [6.07, 6.45) is 8.71. The van der Waals surface area contributed by atoms with E-state index >= 15 is 0 Å². The predicted molar refractivity (Wildman–Crippen MR) is 190 cm³/mol. The Kier molecular flexibility index (Phi) is 7.36. The summed E-state index contributed by atoms with van der Waals surface area (Å²) in [6.45, 7) is 24.4. The summed E-state index contributed by atoms with van der Waals surface area (Å²) < 4.78 is 2.81. The lowest BCUT2D eigenvalue weighted by atomic mass is 9.75. The molecule has 1 unspecified atom stereocenters. The van der Waals surface area contributed by atoms with Crippen molar-refractivity contribution in [2.45, 2.75) is 91.3 Å². The average molecular weight is 589 g/mol. The summed E-state index contributed by atoms with van der Waals surface area (Å²) in [5, 5.41) is 3.74. The molecule has 4 atom stereocenters. The lowest BCUT2D eigenvalue weighted by molar-refractivity contribution is 0.379. The van der Waals surface area contributed by atoms with E-state index < -0.39 is 8.24 Å². The van der Waals surface area contributed by atoms with Gasteiger partial charge in [-0.1, -0.05) is 129 Å². The van der Waals surface area contributed by atoms with Crippen molar-refractivity contribution in [3.05, 3.63) is 102 Å². The molecule has 2 nitrogen and oxygen atoms in total. The number of anilines is 4. The molecule has 2 aliphatic carbocycles. The lowest BCUT2D eigenvalue weighted by Gasteiger charge is -2.50. The summed E-state index contributed by atoms with van der Waals surface area (Å²) in [5.74, 6) is 2.40. The van der Waals surface area contributed by atoms with Crippen LogP contribution in [0.15, 0.2) is 85.0 Å². The van der Waals surface area contributed by atoms with Crippen LogP contribution in [0.4, 0.5) is 22.7 Å². The van der Waals surface area contributed by atoms with Crippen LogP contribution in [0.25, 0.3) is 5.57 Å². The highest BCUT2D eigenvalue weighted by Crippen LogP contribution is 2.61. The molecule has 1 saturated carbocycles. The molecule has 3 aromatic carbocycles. The van der Waals surface area contributed by atoms with Crippen LogP contribution in [0.2, 0.25) is 18.6 Å². The third-order valence-corrected chi connectivity index (χ3v) is 14.8. The summed E-state index contributed by atoms with van der Waals surface area (Å²) in [7, 11) is -2.10. The number of fused-ring (bicyclic) bond motifs is 3. The Morgan fingerprint density at radius 3 is 1.84 bits per heavy atom. The molecule has 0 radical (unpaired) electrons. The van der Waals surface area contributed by atoms with E-state index in [-0.39, 0.29) is 10.8 Å². The first-order valence-corrected chi connectivity index (χ1v) is 19.5. The molecule has 43 heavy (non-hydrogen) atoms. The van der Waals surface area contributed by atoms with Crippen molar-refractivity contribution in [2.75, 3.05) is 9.88 Å². The number of nitrogens with zero attached hydrogens (tertiary/aromatic N) is 1. The van der Waals surface area contributed by atoms with Gasteiger partial charge in [-0.05, 0) is 93.0 Å². The minimum absolute atomic E-state index is 0.108. The average Bonchev–Trinajstić information content (AvgIpc) is 3.36. The molecule has 6 rings (SSSR count). The molecule has 3 aliphatic rings. The quantitative estimate of drug-likeness (QED) is 0.305. The molecule has 3 heteroatoms. The van der Waals surface area contributed by atoms with E-state index in [4.69, 9.17) is 0 Å². The van der Waals surface area contributed by atoms with Crippen LogP contribution in [0.5, 0.6) is 0 Å². The zero-order valence-corrected chi connectivity index (χ0v) is 29.1. The highest BCUT2D eigenvalue weighted by atomic mass is 28.3. The Bertz CT molecular complexity index is 1500. The SMILES string of the molecule is CC(C)[C@@H]1C[C@@H]2C(c3cc(C(C)(C)C)cc(C(C)(C)C)c3)=CC=C[C@@H]2C1[Si](C)(C)N1c2ccccc2Nc2ccccc21. The monoisotopic (exact) mass is 588 g/mol. The van der Waals surface area contributed by atoms with Crippen molar-refractivity contribution < 1.29 is 0 Å². The summed E-state index contributed by atoms with van der Waals surface area (Å²) >= 11 is 0. The fourth-order valence-corrected chi connectivity index (χ4v) is 13.2. The van der Waals surface area contributed by atoms with Gasteiger partial charge in [0, 0.05) is 0 Å². The molecule has 1 aliphatic heterocycles. The van der Waals surface area contributed by atoms with Gasteiger partial charge in [0.15, 0.2) is 8.24 Å². The van der Waals surface area contributed by atoms with Gasteiger partial charge in [0.25, 0.3) is 0 Å². The van der Waals surface area contributed by atoms with E-state index in [0.717, 1.165) is 0 Å². The fourth-order valence-electron chi connectivity index (χ4n) is 8.38. The first-order valence-electron chi connectivity index (χ1n) is 16.5. The number of benzene rings is 3. The molecule has 0 aromatic heterocycles. The third kappa shape index (κ3) is 5.22. The van der Waals surface area contributed by atoms with Crippen molar-refractivity contribution in [3.63, 3.8) is 0 Å². The molecule has 1 fully saturated rings. The Hall–Kier alpha value is -3.04. The maximum Gasteiger partial charge on any atom is 0.160 e. The number of nitrogens with one attached hydrogen (secondary N) is 1. The highest BCUT2D eigenvalue weighted by Gasteiger charge is 2.55. The van der Waals surface area contributed by atoms with Gasteiger partial charge >= 0.3 is 0 Å². The van der Waals surface area contributed by atoms with E-state index in [1.807, 2.05) is 0 Å². The molecule has 1 heterocycles. The second-order valence-electron chi connectivity index (χ2n) is 16.3. The van der Waals surface area contributed by atoms with Crippen LogP contribution in [0, 0.1) is 23.7 Å². The highest BCUT2D eigenvalue weighted by molar-refractivity contribution is 6.84. The molecule has 0 spiro atoms. The van der Waals surface area contributed by atoms with Gasteiger partial charge in [0.05, 0.1) is 22.7 Å². The van der Waals surface area contributed by atoms with Crippen LogP contribution in [-0.4, -0.2) is 8.24 Å². The summed E-state index contributed by atoms with van der Waals surface area (Å²) in [5.41, 5.74) is 11.9. The van der Waals surface area contributed by atoms with E-state index in [1.54, 1.807) is 5.57 Å². The Morgan fingerprint density at radius 2 is 1.33 bits per heavy atom. The van der Waals surface area contributed by atoms with Crippen molar-refractivity contribution in [3.8, 4) is 0 Å². The number of para-hydroxylation sites is 4. The van der Waals surface area contributed by atoms with E-state index in [1.165, 1.54) is 45.9 Å². The predicted octanol–water partition coefficient (Wildman–Crippen LogP) is 11.6. The number of hydrogen-bond donors (Lipinski definition) is 1. The van der Waals surface area contributed by atoms with E-state index in [9.17, 15) is 0 Å². The van der Waals surface area contributed by atoms with Gasteiger partial charge in [-0.25, -0.2) is 0 Å². The van der Waals surface area contributed by atoms with Crippen molar-refractivity contribution >= 4 is 36.6 Å². The maximum absolute atomic E-state index is 3.74. The molecule has 0 bridgehead atoms. The third-order valence-electron chi connectivity index (χ3n) is 10.7. The van der Waals surface area contributed by atoms with Crippen LogP contribution in [-0.2, 0) is 10.8 Å². The number of rotatable bonds is 4. The van der Waals surface area contributed by atoms with Gasteiger partial charge in [-0.15, -0.1) is 0 Å². The zero-order valence-electron chi connectivity index (χ0n) is 28.1. The van der Waals surface area contributed by atoms with E-state index in [0.29, 0.717) is 29.2 Å². The van der Waals surface area contributed by atoms with Crippen molar-refractivity contribution in [1.29, 1.82) is 0 Å². The summed E-state index contributed by atoms with van der Waals surface area (Å²) in [4.78, 5) is 0. The topological polar surface area (TPSA) is 15.3 Å². The van der Waals surface area contributed by atoms with E-state index in [2.05, 4.69) is 163 Å². The largest absolute Gasteiger partial charge is 0.366 e. The van der Waals surface area contributed by atoms with Gasteiger partial charge < -0.3 is 9.88 Å². The zero-order chi connectivity index (χ0) is 30.9. The Labute approximate surface area is 262 Å². The minimum atomic E-state index is -2.10. The summed E-state index contributed by atoms with van der Waals surface area (Å²) in [6, 6.07) is 25.4. The first-order chi connectivity index (χ1) is 20.2. The molecule has 3 aromatic rings. The van der Waals surface area contributed by atoms with Crippen molar-refractivity contribution in [2.24, 2.45) is 23.7 Å². The standard InChI is InChI=1S/C40H52N2Si/c1-26(2)32-25-33-30(27-22-28(39(3,4)5)24-29(23-27)40(6,7)8)16-15-17-31(33)38(32)43(9,10)42-36-20-13-11-18-34(36)41-35-19-12-14-21-37(35)42/h11-24,26,31-33,38,41H,25H2,1-10H3/t31-,32-,33+,38?/m0/s1. The lowest BCUT2D eigenvalue weighted by Crippen LogP contribution is -2.54. The van der Waals surface area contributed by atoms with Crippen LogP contribution < -0.4 is 9.88 Å². The van der Waals surface area contributed by atoms with Crippen LogP contribution in [0.3, 0.4) is 0 Å². The molecule has 0 amide bonds. The van der Waals surface area contributed by atoms with Crippen LogP contribution >= 0.6 is 0 Å². The molecule has 1 N–H and O–H groups in total. The molecular weight excluding hydrogens is 537 g/mol. The van der Waals surface area contributed by atoms with Gasteiger partial charge in [0.2, 0.25) is 0 Å². The van der Waals surface area contributed by atoms with Crippen molar-refractivity contribution in [1.82, 2.24) is 0 Å². The molecular formula is C40H52N2Si.